The Morgan fingerprint density at radius 3 is 2.56 bits per heavy atom. The van der Waals surface area contributed by atoms with E-state index in [1.165, 1.54) is 5.56 Å². The first-order valence-electron chi connectivity index (χ1n) is 5.74. The summed E-state index contributed by atoms with van der Waals surface area (Å²) in [6, 6.07) is 8.31. The van der Waals surface area contributed by atoms with Gasteiger partial charge < -0.3 is 10.6 Å². The molecule has 18 heavy (non-hydrogen) atoms. The van der Waals surface area contributed by atoms with E-state index in [1.807, 2.05) is 0 Å². The third-order valence-electron chi connectivity index (χ3n) is 2.66. The van der Waals surface area contributed by atoms with Gasteiger partial charge in [-0.2, -0.15) is 4.98 Å². The number of halogens is 1. The molecule has 0 amide bonds. The minimum Gasteiger partial charge on any atom is -0.368 e. The van der Waals surface area contributed by atoms with E-state index >= 15 is 0 Å². The summed E-state index contributed by atoms with van der Waals surface area (Å²) in [7, 11) is 0. The summed E-state index contributed by atoms with van der Waals surface area (Å²) in [6.07, 6.45) is 1.68. The molecule has 0 unspecified atom stereocenters. The number of aromatic nitrogens is 2. The van der Waals surface area contributed by atoms with Crippen molar-refractivity contribution >= 4 is 33.4 Å². The van der Waals surface area contributed by atoms with Crippen molar-refractivity contribution in [1.82, 2.24) is 9.97 Å². The standard InChI is InChI=1S/C13H15BrN4/c1-3-18(10-6-4-9(2)5-7-10)12-11(14)8-16-13(15)17-12/h4-8H,3H2,1-2H3,(H2,15,16,17). The molecule has 2 N–H and O–H groups in total. The number of anilines is 3. The number of nitrogen functional groups attached to an aromatic ring is 1. The molecule has 94 valence electrons. The highest BCUT2D eigenvalue weighted by molar-refractivity contribution is 9.10. The number of nitrogens with two attached hydrogens (primary N) is 1. The van der Waals surface area contributed by atoms with E-state index in [0.717, 1.165) is 22.5 Å². The van der Waals surface area contributed by atoms with Gasteiger partial charge in [-0.25, -0.2) is 4.98 Å². The number of aryl methyl sites for hydroxylation is 1. The van der Waals surface area contributed by atoms with Gasteiger partial charge in [0, 0.05) is 18.4 Å². The van der Waals surface area contributed by atoms with E-state index in [2.05, 4.69) is 68.9 Å². The van der Waals surface area contributed by atoms with E-state index in [-0.39, 0.29) is 5.95 Å². The first-order valence-corrected chi connectivity index (χ1v) is 6.53. The lowest BCUT2D eigenvalue weighted by Crippen LogP contribution is -2.18. The van der Waals surface area contributed by atoms with Gasteiger partial charge in [0.2, 0.25) is 5.95 Å². The minimum absolute atomic E-state index is 0.277. The van der Waals surface area contributed by atoms with Crippen molar-refractivity contribution in [2.75, 3.05) is 17.2 Å². The maximum Gasteiger partial charge on any atom is 0.222 e. The molecule has 0 bridgehead atoms. The van der Waals surface area contributed by atoms with Crippen LogP contribution in [0.5, 0.6) is 0 Å². The SMILES string of the molecule is CCN(c1ccc(C)cc1)c1nc(N)ncc1Br. The van der Waals surface area contributed by atoms with Crippen molar-refractivity contribution in [1.29, 1.82) is 0 Å². The van der Waals surface area contributed by atoms with Crippen LogP contribution in [0.3, 0.4) is 0 Å². The second-order valence-corrected chi connectivity index (χ2v) is 4.83. The van der Waals surface area contributed by atoms with Crippen LogP contribution in [-0.2, 0) is 0 Å². The van der Waals surface area contributed by atoms with Gasteiger partial charge in [-0.05, 0) is 41.9 Å². The van der Waals surface area contributed by atoms with E-state index in [0.29, 0.717) is 0 Å². The summed E-state index contributed by atoms with van der Waals surface area (Å²) in [5.74, 6) is 1.06. The molecule has 1 aromatic heterocycles. The normalized spacial score (nSPS) is 10.4. The summed E-state index contributed by atoms with van der Waals surface area (Å²) < 4.78 is 0.833. The van der Waals surface area contributed by atoms with E-state index in [1.54, 1.807) is 6.20 Å². The van der Waals surface area contributed by atoms with Gasteiger partial charge in [-0.1, -0.05) is 17.7 Å². The third kappa shape index (κ3) is 2.61. The van der Waals surface area contributed by atoms with Crippen LogP contribution in [0.2, 0.25) is 0 Å². The lowest BCUT2D eigenvalue weighted by atomic mass is 10.2. The average molecular weight is 307 g/mol. The highest BCUT2D eigenvalue weighted by Crippen LogP contribution is 2.30. The number of nitrogens with zero attached hydrogens (tertiary/aromatic N) is 3. The molecule has 0 aliphatic carbocycles. The molecule has 5 heteroatoms. The maximum atomic E-state index is 5.65. The molecular weight excluding hydrogens is 292 g/mol. The zero-order chi connectivity index (χ0) is 13.1. The van der Waals surface area contributed by atoms with E-state index in [9.17, 15) is 0 Å². The van der Waals surface area contributed by atoms with Gasteiger partial charge in [0.05, 0.1) is 4.47 Å². The lowest BCUT2D eigenvalue weighted by molar-refractivity contribution is 0.973. The predicted molar refractivity (Wildman–Crippen MR) is 78.0 cm³/mol. The predicted octanol–water partition coefficient (Wildman–Crippen LogP) is 3.29. The number of hydrogen-bond donors (Lipinski definition) is 1. The van der Waals surface area contributed by atoms with Crippen LogP contribution in [-0.4, -0.2) is 16.5 Å². The van der Waals surface area contributed by atoms with Gasteiger partial charge in [-0.3, -0.25) is 0 Å². The van der Waals surface area contributed by atoms with Crippen LogP contribution in [0.15, 0.2) is 34.9 Å². The zero-order valence-corrected chi connectivity index (χ0v) is 12.0. The first kappa shape index (κ1) is 12.8. The molecule has 0 fully saturated rings. The van der Waals surface area contributed by atoms with E-state index < -0.39 is 0 Å². The highest BCUT2D eigenvalue weighted by atomic mass is 79.9. The van der Waals surface area contributed by atoms with Crippen molar-refractivity contribution < 1.29 is 0 Å². The fraction of sp³-hybridized carbons (Fsp3) is 0.231. The van der Waals surface area contributed by atoms with Crippen LogP contribution in [0, 0.1) is 6.92 Å². The summed E-state index contributed by atoms with van der Waals surface area (Å²) in [4.78, 5) is 10.3. The first-order chi connectivity index (χ1) is 8.61. The number of benzene rings is 1. The van der Waals surface area contributed by atoms with Crippen LogP contribution in [0.4, 0.5) is 17.5 Å². The van der Waals surface area contributed by atoms with Gasteiger partial charge in [0.15, 0.2) is 5.82 Å². The Bertz CT molecular complexity index is 539. The largest absolute Gasteiger partial charge is 0.368 e. The molecule has 0 radical (unpaired) electrons. The quantitative estimate of drug-likeness (QED) is 0.945. The number of rotatable bonds is 3. The summed E-state index contributed by atoms with van der Waals surface area (Å²) in [5, 5.41) is 0. The Labute approximate surface area is 115 Å². The molecular formula is C13H15BrN4. The van der Waals surface area contributed by atoms with Gasteiger partial charge in [-0.15, -0.1) is 0 Å². The van der Waals surface area contributed by atoms with Gasteiger partial charge in [0.1, 0.15) is 0 Å². The number of hydrogen-bond acceptors (Lipinski definition) is 4. The van der Waals surface area contributed by atoms with Crippen molar-refractivity contribution in [3.8, 4) is 0 Å². The minimum atomic E-state index is 0.277. The van der Waals surface area contributed by atoms with Crippen molar-refractivity contribution in [3.63, 3.8) is 0 Å². The fourth-order valence-electron chi connectivity index (χ4n) is 1.74. The van der Waals surface area contributed by atoms with Crippen LogP contribution < -0.4 is 10.6 Å². The van der Waals surface area contributed by atoms with Crippen molar-refractivity contribution in [3.05, 3.63) is 40.5 Å². The summed E-state index contributed by atoms with van der Waals surface area (Å²) in [5.41, 5.74) is 7.97. The monoisotopic (exact) mass is 306 g/mol. The van der Waals surface area contributed by atoms with Crippen molar-refractivity contribution in [2.45, 2.75) is 13.8 Å². The topological polar surface area (TPSA) is 55.0 Å². The molecule has 0 atom stereocenters. The van der Waals surface area contributed by atoms with E-state index in [4.69, 9.17) is 5.73 Å². The Hall–Kier alpha value is -1.62. The highest BCUT2D eigenvalue weighted by Gasteiger charge is 2.13. The fourth-order valence-corrected chi connectivity index (χ4v) is 2.15. The average Bonchev–Trinajstić information content (AvgIpc) is 2.37. The second-order valence-electron chi connectivity index (χ2n) is 3.98. The smallest absolute Gasteiger partial charge is 0.222 e. The van der Waals surface area contributed by atoms with Gasteiger partial charge >= 0.3 is 0 Å². The molecule has 0 aliphatic rings. The molecule has 0 saturated heterocycles. The molecule has 1 heterocycles. The Morgan fingerprint density at radius 1 is 1.28 bits per heavy atom. The Morgan fingerprint density at radius 2 is 1.94 bits per heavy atom. The van der Waals surface area contributed by atoms with Crippen molar-refractivity contribution in [2.24, 2.45) is 0 Å². The van der Waals surface area contributed by atoms with Crippen LogP contribution >= 0.6 is 15.9 Å². The molecule has 2 rings (SSSR count). The zero-order valence-electron chi connectivity index (χ0n) is 10.4. The van der Waals surface area contributed by atoms with Crippen LogP contribution in [0.25, 0.3) is 0 Å². The third-order valence-corrected chi connectivity index (χ3v) is 3.22. The molecule has 0 aliphatic heterocycles. The Balaban J connectivity index is 2.44. The molecule has 1 aromatic carbocycles. The summed E-state index contributed by atoms with van der Waals surface area (Å²) >= 11 is 3.46. The molecule has 4 nitrogen and oxygen atoms in total. The molecule has 0 saturated carbocycles. The Kier molecular flexibility index (Phi) is 3.81. The maximum absolute atomic E-state index is 5.65. The lowest BCUT2D eigenvalue weighted by Gasteiger charge is -2.23. The van der Waals surface area contributed by atoms with Gasteiger partial charge in [0.25, 0.3) is 0 Å². The molecule has 0 spiro atoms. The molecule has 2 aromatic rings. The summed E-state index contributed by atoms with van der Waals surface area (Å²) in [6.45, 7) is 4.95. The van der Waals surface area contributed by atoms with Crippen LogP contribution in [0.1, 0.15) is 12.5 Å². The second kappa shape index (κ2) is 5.35.